The van der Waals surface area contributed by atoms with Crippen molar-refractivity contribution in [2.24, 2.45) is 0 Å². The summed E-state index contributed by atoms with van der Waals surface area (Å²) in [7, 11) is 0. The summed E-state index contributed by atoms with van der Waals surface area (Å²) in [6.07, 6.45) is 13.8. The molecule has 1 aliphatic rings. The third-order valence-electron chi connectivity index (χ3n) is 6.21. The standard InChI is InChI=1S/C24H30Br2O2/c25-20-16-18(10-12-22(20)27)24(19-11-13-23(28)21(26)17-19)14-8-6-4-2-1-3-5-7-9-15-24/h10-13,16-17,27-28H,1-9,14-15H2. The second-order valence-electron chi connectivity index (χ2n) is 8.10. The van der Waals surface area contributed by atoms with Crippen LogP contribution in [0.1, 0.15) is 81.8 Å². The Balaban J connectivity index is 2.06. The van der Waals surface area contributed by atoms with Crippen molar-refractivity contribution < 1.29 is 10.2 Å². The van der Waals surface area contributed by atoms with E-state index in [2.05, 4.69) is 56.1 Å². The fourth-order valence-electron chi connectivity index (χ4n) is 4.57. The molecule has 0 saturated heterocycles. The lowest BCUT2D eigenvalue weighted by molar-refractivity contribution is 0.381. The molecular formula is C24H30Br2O2. The molecule has 0 amide bonds. The summed E-state index contributed by atoms with van der Waals surface area (Å²) in [5.41, 5.74) is 2.38. The molecule has 0 bridgehead atoms. The van der Waals surface area contributed by atoms with E-state index in [-0.39, 0.29) is 16.9 Å². The fraction of sp³-hybridized carbons (Fsp3) is 0.500. The van der Waals surface area contributed by atoms with Gasteiger partial charge in [-0.3, -0.25) is 0 Å². The number of halogens is 2. The maximum absolute atomic E-state index is 10.0. The Bertz CT molecular complexity index is 723. The molecule has 1 aliphatic carbocycles. The number of phenolic OH excluding ortho intramolecular Hbond substituents is 2. The van der Waals surface area contributed by atoms with E-state index in [9.17, 15) is 10.2 Å². The second kappa shape index (κ2) is 10.2. The molecule has 0 aromatic heterocycles. The van der Waals surface area contributed by atoms with Crippen molar-refractivity contribution in [1.82, 2.24) is 0 Å². The molecule has 1 saturated carbocycles. The first-order valence-electron chi connectivity index (χ1n) is 10.5. The molecule has 2 aromatic carbocycles. The van der Waals surface area contributed by atoms with E-state index in [0.717, 1.165) is 21.8 Å². The van der Waals surface area contributed by atoms with Gasteiger partial charge in [0.1, 0.15) is 11.5 Å². The lowest BCUT2D eigenvalue weighted by Crippen LogP contribution is -2.28. The molecule has 0 atom stereocenters. The summed E-state index contributed by atoms with van der Waals surface area (Å²) in [6.45, 7) is 0. The van der Waals surface area contributed by atoms with Gasteiger partial charge in [0.25, 0.3) is 0 Å². The highest BCUT2D eigenvalue weighted by atomic mass is 79.9. The largest absolute Gasteiger partial charge is 0.507 e. The van der Waals surface area contributed by atoms with Gasteiger partial charge in [-0.15, -0.1) is 0 Å². The number of hydrogen-bond acceptors (Lipinski definition) is 2. The van der Waals surface area contributed by atoms with Crippen molar-refractivity contribution in [2.75, 3.05) is 0 Å². The van der Waals surface area contributed by atoms with Gasteiger partial charge in [0.15, 0.2) is 0 Å². The predicted octanol–water partition coefficient (Wildman–Crippen LogP) is 8.21. The van der Waals surface area contributed by atoms with Gasteiger partial charge in [-0.05, 0) is 80.1 Å². The van der Waals surface area contributed by atoms with E-state index in [1.807, 2.05) is 0 Å². The van der Waals surface area contributed by atoms with Crippen LogP contribution in [0.4, 0.5) is 0 Å². The second-order valence-corrected chi connectivity index (χ2v) is 9.81. The minimum atomic E-state index is -0.106. The van der Waals surface area contributed by atoms with Crippen molar-refractivity contribution in [3.8, 4) is 11.5 Å². The van der Waals surface area contributed by atoms with Crippen LogP contribution in [0.25, 0.3) is 0 Å². The zero-order valence-electron chi connectivity index (χ0n) is 16.4. The summed E-state index contributed by atoms with van der Waals surface area (Å²) in [6, 6.07) is 11.9. The van der Waals surface area contributed by atoms with E-state index in [1.165, 1.54) is 68.9 Å². The lowest BCUT2D eigenvalue weighted by atomic mass is 9.67. The Morgan fingerprint density at radius 3 is 1.29 bits per heavy atom. The maximum atomic E-state index is 10.0. The first-order chi connectivity index (χ1) is 13.5. The van der Waals surface area contributed by atoms with Gasteiger partial charge in [-0.2, -0.15) is 0 Å². The van der Waals surface area contributed by atoms with Crippen molar-refractivity contribution in [1.29, 1.82) is 0 Å². The summed E-state index contributed by atoms with van der Waals surface area (Å²) >= 11 is 7.04. The molecule has 152 valence electrons. The normalized spacial score (nSPS) is 18.8. The van der Waals surface area contributed by atoms with Gasteiger partial charge in [-0.25, -0.2) is 0 Å². The number of aromatic hydroxyl groups is 2. The fourth-order valence-corrected chi connectivity index (χ4v) is 5.33. The van der Waals surface area contributed by atoms with E-state index in [1.54, 1.807) is 12.1 Å². The number of rotatable bonds is 2. The monoisotopic (exact) mass is 508 g/mol. The van der Waals surface area contributed by atoms with Crippen molar-refractivity contribution in [3.63, 3.8) is 0 Å². The minimum Gasteiger partial charge on any atom is -0.507 e. The summed E-state index contributed by atoms with van der Waals surface area (Å²) < 4.78 is 1.49. The SMILES string of the molecule is Oc1ccc(C2(c3ccc(O)c(Br)c3)CCCCCCCCCCC2)cc1Br. The minimum absolute atomic E-state index is 0.106. The van der Waals surface area contributed by atoms with E-state index in [0.29, 0.717) is 0 Å². The molecule has 3 rings (SSSR count). The summed E-state index contributed by atoms with van der Waals surface area (Å²) in [5, 5.41) is 20.1. The topological polar surface area (TPSA) is 40.5 Å². The summed E-state index contributed by atoms with van der Waals surface area (Å²) in [5.74, 6) is 0.554. The number of benzene rings is 2. The molecule has 0 spiro atoms. The average molecular weight is 510 g/mol. The van der Waals surface area contributed by atoms with Crippen LogP contribution in [-0.4, -0.2) is 10.2 Å². The molecule has 2 nitrogen and oxygen atoms in total. The van der Waals surface area contributed by atoms with Gasteiger partial charge >= 0.3 is 0 Å². The van der Waals surface area contributed by atoms with Gasteiger partial charge < -0.3 is 10.2 Å². The van der Waals surface area contributed by atoms with Crippen LogP contribution >= 0.6 is 31.9 Å². The Hall–Kier alpha value is -1.00. The van der Waals surface area contributed by atoms with Gasteiger partial charge in [0, 0.05) is 5.41 Å². The highest BCUT2D eigenvalue weighted by Crippen LogP contribution is 2.45. The smallest absolute Gasteiger partial charge is 0.129 e. The van der Waals surface area contributed by atoms with Crippen LogP contribution < -0.4 is 0 Å². The third-order valence-corrected chi connectivity index (χ3v) is 7.48. The molecule has 0 heterocycles. The zero-order valence-corrected chi connectivity index (χ0v) is 19.6. The first kappa shape index (κ1) is 21.7. The van der Waals surface area contributed by atoms with E-state index < -0.39 is 0 Å². The molecule has 0 radical (unpaired) electrons. The Morgan fingerprint density at radius 1 is 0.571 bits per heavy atom. The predicted molar refractivity (Wildman–Crippen MR) is 123 cm³/mol. The molecule has 0 aliphatic heterocycles. The molecule has 1 fully saturated rings. The van der Waals surface area contributed by atoms with Gasteiger partial charge in [-0.1, -0.05) is 69.9 Å². The number of hydrogen-bond donors (Lipinski definition) is 2. The highest BCUT2D eigenvalue weighted by Gasteiger charge is 2.34. The van der Waals surface area contributed by atoms with E-state index >= 15 is 0 Å². The van der Waals surface area contributed by atoms with Crippen LogP contribution in [0.3, 0.4) is 0 Å². The molecule has 2 N–H and O–H groups in total. The van der Waals surface area contributed by atoms with Crippen LogP contribution in [-0.2, 0) is 5.41 Å². The van der Waals surface area contributed by atoms with Crippen LogP contribution in [0.15, 0.2) is 45.3 Å². The Kier molecular flexibility index (Phi) is 7.87. The maximum Gasteiger partial charge on any atom is 0.129 e. The van der Waals surface area contributed by atoms with Crippen LogP contribution in [0.5, 0.6) is 11.5 Å². The molecule has 28 heavy (non-hydrogen) atoms. The van der Waals surface area contributed by atoms with Crippen LogP contribution in [0.2, 0.25) is 0 Å². The first-order valence-corrected chi connectivity index (χ1v) is 12.1. The van der Waals surface area contributed by atoms with E-state index in [4.69, 9.17) is 0 Å². The molecule has 2 aromatic rings. The van der Waals surface area contributed by atoms with Crippen LogP contribution in [0, 0.1) is 0 Å². The van der Waals surface area contributed by atoms with Gasteiger partial charge in [0.2, 0.25) is 0 Å². The van der Waals surface area contributed by atoms with Crippen molar-refractivity contribution in [3.05, 3.63) is 56.5 Å². The van der Waals surface area contributed by atoms with Crippen molar-refractivity contribution >= 4 is 31.9 Å². The summed E-state index contributed by atoms with van der Waals surface area (Å²) in [4.78, 5) is 0. The third kappa shape index (κ3) is 5.13. The zero-order chi connectivity index (χ0) is 20.0. The molecular weight excluding hydrogens is 480 g/mol. The Morgan fingerprint density at radius 2 is 0.929 bits per heavy atom. The lowest BCUT2D eigenvalue weighted by Gasteiger charge is -2.36. The highest BCUT2D eigenvalue weighted by molar-refractivity contribution is 9.10. The quantitative estimate of drug-likeness (QED) is 0.428. The Labute approximate surface area is 185 Å². The molecule has 0 unspecified atom stereocenters. The van der Waals surface area contributed by atoms with Gasteiger partial charge in [0.05, 0.1) is 8.95 Å². The van der Waals surface area contributed by atoms with Crippen molar-refractivity contribution in [2.45, 2.75) is 76.0 Å². The number of phenols is 2. The molecule has 4 heteroatoms. The average Bonchev–Trinajstić information content (AvgIpc) is 2.67.